The van der Waals surface area contributed by atoms with Gasteiger partial charge in [-0.15, -0.1) is 0 Å². The summed E-state index contributed by atoms with van der Waals surface area (Å²) < 4.78 is 26.8. The summed E-state index contributed by atoms with van der Waals surface area (Å²) in [7, 11) is 0. The van der Waals surface area contributed by atoms with Crippen molar-refractivity contribution in [2.45, 2.75) is 58.3 Å². The first kappa shape index (κ1) is 30.0. The van der Waals surface area contributed by atoms with Crippen LogP contribution >= 0.6 is 12.2 Å². The van der Waals surface area contributed by atoms with Gasteiger partial charge in [-0.25, -0.2) is 0 Å². The van der Waals surface area contributed by atoms with Crippen LogP contribution < -0.4 is 10.7 Å². The number of non-ortho nitro benzene ring substituents is 1. The third kappa shape index (κ3) is 9.36. The van der Waals surface area contributed by atoms with Crippen molar-refractivity contribution in [2.24, 2.45) is 5.10 Å². The highest BCUT2D eigenvalue weighted by molar-refractivity contribution is 7.80. The van der Waals surface area contributed by atoms with E-state index >= 15 is 0 Å². The van der Waals surface area contributed by atoms with Gasteiger partial charge in [0.15, 0.2) is 29.7 Å². The summed E-state index contributed by atoms with van der Waals surface area (Å²) >= 11 is 5.22. The van der Waals surface area contributed by atoms with Crippen molar-refractivity contribution >= 4 is 53.1 Å². The first-order valence-corrected chi connectivity index (χ1v) is 11.4. The molecule has 1 aromatic carbocycles. The molecule has 0 aliphatic carbocycles. The third-order valence-corrected chi connectivity index (χ3v) is 4.96. The zero-order valence-corrected chi connectivity index (χ0v) is 21.6. The van der Waals surface area contributed by atoms with E-state index in [1.165, 1.54) is 30.5 Å². The van der Waals surface area contributed by atoms with Gasteiger partial charge >= 0.3 is 23.9 Å². The highest BCUT2D eigenvalue weighted by atomic mass is 32.1. The standard InChI is InChI=1S/C22H26N4O11S/c1-11(27)33-10-17-18(34-12(2)28)19(35-13(3)29)20(36-14(4)30)21(37-17)24-22(38)25-23-9-15-5-7-16(8-6-15)26(31)32/h5-9,17-21H,10H2,1-4H3,(H2,24,25,38)/b23-9+/t17-,18+,19+,20-,21-/m1/s1. The summed E-state index contributed by atoms with van der Waals surface area (Å²) in [6.45, 7) is 4.09. The minimum atomic E-state index is -1.36. The van der Waals surface area contributed by atoms with E-state index in [1.807, 2.05) is 0 Å². The maximum absolute atomic E-state index is 11.9. The monoisotopic (exact) mass is 554 g/mol. The van der Waals surface area contributed by atoms with Gasteiger partial charge in [0.25, 0.3) is 5.69 Å². The van der Waals surface area contributed by atoms with Crippen molar-refractivity contribution in [3.63, 3.8) is 0 Å². The van der Waals surface area contributed by atoms with Gasteiger partial charge < -0.3 is 29.0 Å². The molecular formula is C22H26N4O11S. The molecule has 0 spiro atoms. The molecule has 0 bridgehead atoms. The maximum Gasteiger partial charge on any atom is 0.303 e. The molecule has 2 N–H and O–H groups in total. The number of nitrogens with zero attached hydrogens (tertiary/aromatic N) is 2. The van der Waals surface area contributed by atoms with Gasteiger partial charge in [-0.1, -0.05) is 0 Å². The lowest BCUT2D eigenvalue weighted by Crippen LogP contribution is -2.66. The number of ether oxygens (including phenoxy) is 5. The van der Waals surface area contributed by atoms with E-state index < -0.39 is 66.1 Å². The third-order valence-electron chi connectivity index (χ3n) is 4.75. The second-order valence-electron chi connectivity index (χ2n) is 7.81. The van der Waals surface area contributed by atoms with Gasteiger partial charge in [-0.2, -0.15) is 5.10 Å². The van der Waals surface area contributed by atoms with E-state index in [0.29, 0.717) is 5.56 Å². The molecule has 1 heterocycles. The molecule has 0 radical (unpaired) electrons. The topological polar surface area (TPSA) is 194 Å². The lowest BCUT2D eigenvalue weighted by molar-refractivity contribution is -0.384. The normalized spacial score (nSPS) is 22.6. The Kier molecular flexibility index (Phi) is 11.0. The summed E-state index contributed by atoms with van der Waals surface area (Å²) in [5.41, 5.74) is 2.95. The van der Waals surface area contributed by atoms with Gasteiger partial charge in [-0.05, 0) is 29.9 Å². The van der Waals surface area contributed by atoms with Crippen molar-refractivity contribution in [1.29, 1.82) is 0 Å². The van der Waals surface area contributed by atoms with E-state index in [1.54, 1.807) is 0 Å². The molecule has 0 amide bonds. The molecule has 0 unspecified atom stereocenters. The molecule has 5 atom stereocenters. The number of nitro benzene ring substituents is 1. The fourth-order valence-electron chi connectivity index (χ4n) is 3.35. The predicted octanol–water partition coefficient (Wildman–Crippen LogP) is 0.476. The van der Waals surface area contributed by atoms with Gasteiger partial charge in [0.05, 0.1) is 11.1 Å². The summed E-state index contributed by atoms with van der Waals surface area (Å²) in [4.78, 5) is 57.1. The highest BCUT2D eigenvalue weighted by Gasteiger charge is 2.52. The molecule has 1 saturated heterocycles. The van der Waals surface area contributed by atoms with E-state index in [0.717, 1.165) is 27.7 Å². The number of hydrogen-bond donors (Lipinski definition) is 2. The smallest absolute Gasteiger partial charge is 0.303 e. The zero-order chi connectivity index (χ0) is 28.4. The minimum Gasteiger partial charge on any atom is -0.463 e. The molecular weight excluding hydrogens is 528 g/mol. The fraction of sp³-hybridized carbons (Fsp3) is 0.455. The van der Waals surface area contributed by atoms with Gasteiger partial charge in [0.1, 0.15) is 12.7 Å². The minimum absolute atomic E-state index is 0.0871. The number of carbonyl (C=O) groups is 4. The number of rotatable bonds is 9. The lowest BCUT2D eigenvalue weighted by atomic mass is 9.97. The number of benzene rings is 1. The van der Waals surface area contributed by atoms with Crippen LogP contribution in [0.25, 0.3) is 0 Å². The number of thiocarbonyl (C=S) groups is 1. The highest BCUT2D eigenvalue weighted by Crippen LogP contribution is 2.28. The first-order chi connectivity index (χ1) is 17.9. The Labute approximate surface area is 221 Å². The van der Waals surface area contributed by atoms with Crippen LogP contribution in [0.3, 0.4) is 0 Å². The van der Waals surface area contributed by atoms with Crippen LogP contribution in [0, 0.1) is 10.1 Å². The van der Waals surface area contributed by atoms with Crippen molar-refractivity contribution < 1.29 is 47.8 Å². The van der Waals surface area contributed by atoms with Gasteiger partial charge in [0, 0.05) is 39.8 Å². The molecule has 0 aromatic heterocycles. The summed E-state index contributed by atoms with van der Waals surface area (Å²) in [6.07, 6.45) is -5.11. The van der Waals surface area contributed by atoms with Crippen LogP contribution in [-0.2, 0) is 42.9 Å². The number of nitrogens with one attached hydrogen (secondary N) is 2. The maximum atomic E-state index is 11.9. The van der Waals surface area contributed by atoms with Crippen LogP contribution in [0.5, 0.6) is 0 Å². The molecule has 16 heteroatoms. The lowest BCUT2D eigenvalue weighted by Gasteiger charge is -2.44. The second kappa shape index (κ2) is 13.9. The molecule has 1 fully saturated rings. The Bertz CT molecular complexity index is 1100. The Morgan fingerprint density at radius 2 is 1.53 bits per heavy atom. The number of carbonyl (C=O) groups excluding carboxylic acids is 4. The quantitative estimate of drug-likeness (QED) is 0.107. The largest absolute Gasteiger partial charge is 0.463 e. The van der Waals surface area contributed by atoms with Crippen LogP contribution in [0.2, 0.25) is 0 Å². The Hall–Kier alpha value is -4.18. The fourth-order valence-corrected chi connectivity index (χ4v) is 3.52. The molecule has 206 valence electrons. The molecule has 2 rings (SSSR count). The van der Waals surface area contributed by atoms with E-state index in [2.05, 4.69) is 15.8 Å². The molecule has 15 nitrogen and oxygen atoms in total. The molecule has 0 saturated carbocycles. The Morgan fingerprint density at radius 3 is 2.05 bits per heavy atom. The average Bonchev–Trinajstić information content (AvgIpc) is 2.81. The molecule has 1 aromatic rings. The predicted molar refractivity (Wildman–Crippen MR) is 132 cm³/mol. The number of hydrazone groups is 1. The summed E-state index contributed by atoms with van der Waals surface area (Å²) in [6, 6.07) is 5.55. The average molecular weight is 555 g/mol. The number of hydrogen-bond acceptors (Lipinski definition) is 13. The van der Waals surface area contributed by atoms with Crippen LogP contribution in [0.4, 0.5) is 5.69 Å². The number of nitro groups is 1. The van der Waals surface area contributed by atoms with Gasteiger partial charge in [0.2, 0.25) is 0 Å². The summed E-state index contributed by atoms with van der Waals surface area (Å²) in [5, 5.41) is 17.3. The van der Waals surface area contributed by atoms with Crippen molar-refractivity contribution in [3.8, 4) is 0 Å². The Morgan fingerprint density at radius 1 is 0.974 bits per heavy atom. The van der Waals surface area contributed by atoms with Crippen LogP contribution in [0.15, 0.2) is 29.4 Å². The van der Waals surface area contributed by atoms with Crippen LogP contribution in [-0.4, -0.2) is 77.4 Å². The SMILES string of the molecule is CC(=O)OC[C@H]1O[C@@H](NC(=S)N/N=C/c2ccc([N+](=O)[O-])cc2)[C@H](OC(C)=O)[C@@H](OC(C)=O)[C@H]1OC(C)=O. The number of esters is 4. The van der Waals surface area contributed by atoms with E-state index in [4.69, 9.17) is 35.9 Å². The summed E-state index contributed by atoms with van der Waals surface area (Å²) in [5.74, 6) is -2.94. The molecule has 38 heavy (non-hydrogen) atoms. The van der Waals surface area contributed by atoms with Crippen molar-refractivity contribution in [2.75, 3.05) is 6.61 Å². The van der Waals surface area contributed by atoms with Gasteiger partial charge in [-0.3, -0.25) is 34.7 Å². The van der Waals surface area contributed by atoms with Crippen molar-refractivity contribution in [1.82, 2.24) is 10.7 Å². The van der Waals surface area contributed by atoms with Crippen LogP contribution in [0.1, 0.15) is 33.3 Å². The zero-order valence-electron chi connectivity index (χ0n) is 20.8. The first-order valence-electron chi connectivity index (χ1n) is 11.0. The van der Waals surface area contributed by atoms with E-state index in [-0.39, 0.29) is 10.8 Å². The molecule has 1 aliphatic rings. The Balaban J connectivity index is 2.25. The van der Waals surface area contributed by atoms with E-state index in [9.17, 15) is 29.3 Å². The molecule has 1 aliphatic heterocycles. The second-order valence-corrected chi connectivity index (χ2v) is 8.22. The van der Waals surface area contributed by atoms with Crippen molar-refractivity contribution in [3.05, 3.63) is 39.9 Å².